The van der Waals surface area contributed by atoms with Crippen molar-refractivity contribution < 1.29 is 0 Å². The minimum atomic E-state index is -0.0964. The molecule has 9 nitrogen and oxygen atoms in total. The van der Waals surface area contributed by atoms with Gasteiger partial charge in [-0.3, -0.25) is 9.78 Å². The zero-order valence-electron chi connectivity index (χ0n) is 14.6. The number of hydrogen-bond donors (Lipinski definition) is 0. The van der Waals surface area contributed by atoms with Crippen LogP contribution in [0.4, 0.5) is 5.82 Å². The fraction of sp³-hybridized carbons (Fsp3) is 0.412. The van der Waals surface area contributed by atoms with E-state index in [-0.39, 0.29) is 5.56 Å². The molecule has 3 aromatic rings. The van der Waals surface area contributed by atoms with Crippen LogP contribution in [0.1, 0.15) is 18.5 Å². The highest BCUT2D eigenvalue weighted by atomic mass is 16.1. The molecule has 0 bridgehead atoms. The summed E-state index contributed by atoms with van der Waals surface area (Å²) in [5.41, 5.74) is 0.825. The van der Waals surface area contributed by atoms with Crippen molar-refractivity contribution in [3.8, 4) is 5.82 Å². The van der Waals surface area contributed by atoms with E-state index in [9.17, 15) is 4.79 Å². The lowest BCUT2D eigenvalue weighted by atomic mass is 9.97. The van der Waals surface area contributed by atoms with E-state index >= 15 is 0 Å². The molecular formula is C17H20N8O. The van der Waals surface area contributed by atoms with E-state index in [1.54, 1.807) is 29.5 Å². The maximum Gasteiger partial charge on any atom is 0.266 e. The van der Waals surface area contributed by atoms with Crippen LogP contribution in [0.5, 0.6) is 0 Å². The van der Waals surface area contributed by atoms with Crippen molar-refractivity contribution in [2.75, 3.05) is 18.0 Å². The second kappa shape index (κ2) is 7.03. The van der Waals surface area contributed by atoms with Crippen LogP contribution in [-0.4, -0.2) is 47.6 Å². The Morgan fingerprint density at radius 2 is 1.96 bits per heavy atom. The highest BCUT2D eigenvalue weighted by Gasteiger charge is 2.21. The Balaban J connectivity index is 1.43. The predicted molar refractivity (Wildman–Crippen MR) is 95.1 cm³/mol. The highest BCUT2D eigenvalue weighted by Crippen LogP contribution is 2.22. The minimum absolute atomic E-state index is 0.0964. The van der Waals surface area contributed by atoms with E-state index in [2.05, 4.69) is 30.0 Å². The van der Waals surface area contributed by atoms with E-state index in [0.29, 0.717) is 18.3 Å². The Kier molecular flexibility index (Phi) is 4.42. The van der Waals surface area contributed by atoms with Crippen LogP contribution in [0.2, 0.25) is 0 Å². The van der Waals surface area contributed by atoms with Crippen molar-refractivity contribution in [2.24, 2.45) is 5.92 Å². The first-order chi connectivity index (χ1) is 12.7. The summed E-state index contributed by atoms with van der Waals surface area (Å²) in [6.07, 6.45) is 8.55. The smallest absolute Gasteiger partial charge is 0.266 e. The molecule has 3 aromatic heterocycles. The molecule has 4 rings (SSSR count). The first-order valence-electron chi connectivity index (χ1n) is 8.66. The molecule has 0 aliphatic carbocycles. The number of hydrogen-bond acceptors (Lipinski definition) is 7. The summed E-state index contributed by atoms with van der Waals surface area (Å²) in [6.45, 7) is 4.36. The maximum atomic E-state index is 12.2. The summed E-state index contributed by atoms with van der Waals surface area (Å²) in [7, 11) is 0. The minimum Gasteiger partial charge on any atom is -0.355 e. The Labute approximate surface area is 150 Å². The van der Waals surface area contributed by atoms with Crippen LogP contribution in [0.25, 0.3) is 5.82 Å². The zero-order valence-corrected chi connectivity index (χ0v) is 14.6. The average molecular weight is 352 g/mol. The third-order valence-corrected chi connectivity index (χ3v) is 4.62. The molecule has 0 amide bonds. The van der Waals surface area contributed by atoms with E-state index in [1.165, 1.54) is 17.1 Å². The largest absolute Gasteiger partial charge is 0.355 e. The molecular weight excluding hydrogens is 332 g/mol. The molecule has 0 radical (unpaired) electrons. The van der Waals surface area contributed by atoms with Gasteiger partial charge in [-0.25, -0.2) is 19.3 Å². The van der Waals surface area contributed by atoms with E-state index < -0.39 is 0 Å². The first kappa shape index (κ1) is 16.4. The van der Waals surface area contributed by atoms with Crippen LogP contribution >= 0.6 is 0 Å². The number of aryl methyl sites for hydroxylation is 1. The Bertz CT molecular complexity index is 928. The van der Waals surface area contributed by atoms with Crippen molar-refractivity contribution in [3.63, 3.8) is 0 Å². The van der Waals surface area contributed by atoms with E-state index in [0.717, 1.165) is 37.4 Å². The SMILES string of the molecule is Cc1cncc(N2CCC(Cn3nc(-n4cncn4)ccc3=O)CC2)n1. The second-order valence-electron chi connectivity index (χ2n) is 6.50. The predicted octanol–water partition coefficient (Wildman–Crippen LogP) is 0.839. The lowest BCUT2D eigenvalue weighted by Crippen LogP contribution is -2.37. The van der Waals surface area contributed by atoms with Crippen molar-refractivity contribution in [2.45, 2.75) is 26.3 Å². The lowest BCUT2D eigenvalue weighted by molar-refractivity contribution is 0.333. The molecule has 1 aliphatic rings. The van der Waals surface area contributed by atoms with Gasteiger partial charge in [-0.2, -0.15) is 5.10 Å². The van der Waals surface area contributed by atoms with Gasteiger partial charge in [-0.05, 0) is 31.7 Å². The van der Waals surface area contributed by atoms with Crippen molar-refractivity contribution in [1.82, 2.24) is 34.5 Å². The Morgan fingerprint density at radius 1 is 1.12 bits per heavy atom. The third kappa shape index (κ3) is 3.46. The van der Waals surface area contributed by atoms with Crippen LogP contribution < -0.4 is 10.5 Å². The maximum absolute atomic E-state index is 12.2. The van der Waals surface area contributed by atoms with Gasteiger partial charge in [0.2, 0.25) is 0 Å². The lowest BCUT2D eigenvalue weighted by Gasteiger charge is -2.32. The van der Waals surface area contributed by atoms with E-state index in [1.807, 2.05) is 6.92 Å². The number of nitrogens with zero attached hydrogens (tertiary/aromatic N) is 8. The molecule has 26 heavy (non-hydrogen) atoms. The molecule has 0 atom stereocenters. The molecule has 0 spiro atoms. The molecule has 134 valence electrons. The standard InChI is InChI=1S/C17H20N8O/c1-13-8-18-9-16(21-13)23-6-4-14(5-7-23)10-24-17(26)3-2-15(22-24)25-12-19-11-20-25/h2-3,8-9,11-12,14H,4-7,10H2,1H3. The van der Waals surface area contributed by atoms with Gasteiger partial charge in [0, 0.05) is 31.9 Å². The summed E-state index contributed by atoms with van der Waals surface area (Å²) in [4.78, 5) is 27.1. The van der Waals surface area contributed by atoms with Gasteiger partial charge >= 0.3 is 0 Å². The molecule has 0 unspecified atom stereocenters. The molecule has 0 aromatic carbocycles. The van der Waals surface area contributed by atoms with Crippen LogP contribution in [0.3, 0.4) is 0 Å². The van der Waals surface area contributed by atoms with Gasteiger partial charge in [0.05, 0.1) is 11.9 Å². The van der Waals surface area contributed by atoms with Crippen molar-refractivity contribution in [3.05, 3.63) is 53.2 Å². The zero-order chi connectivity index (χ0) is 17.9. The van der Waals surface area contributed by atoms with E-state index in [4.69, 9.17) is 0 Å². The molecule has 1 saturated heterocycles. The van der Waals surface area contributed by atoms with Crippen molar-refractivity contribution in [1.29, 1.82) is 0 Å². The Morgan fingerprint density at radius 3 is 2.69 bits per heavy atom. The average Bonchev–Trinajstić information content (AvgIpc) is 3.19. The van der Waals surface area contributed by atoms with Crippen LogP contribution in [0, 0.1) is 12.8 Å². The molecule has 1 fully saturated rings. The number of aromatic nitrogens is 7. The van der Waals surface area contributed by atoms with Crippen LogP contribution in [0.15, 0.2) is 42.0 Å². The molecule has 4 heterocycles. The monoisotopic (exact) mass is 352 g/mol. The normalized spacial score (nSPS) is 15.3. The van der Waals surface area contributed by atoms with Crippen LogP contribution in [-0.2, 0) is 6.54 Å². The molecule has 9 heteroatoms. The summed E-state index contributed by atoms with van der Waals surface area (Å²) < 4.78 is 3.08. The van der Waals surface area contributed by atoms with Gasteiger partial charge in [-0.15, -0.1) is 5.10 Å². The second-order valence-corrected chi connectivity index (χ2v) is 6.50. The molecule has 1 aliphatic heterocycles. The number of piperidine rings is 1. The summed E-state index contributed by atoms with van der Waals surface area (Å²) in [5, 5.41) is 8.49. The fourth-order valence-electron chi connectivity index (χ4n) is 3.21. The van der Waals surface area contributed by atoms with Gasteiger partial charge < -0.3 is 4.90 Å². The molecule has 0 saturated carbocycles. The Hall–Kier alpha value is -3.10. The van der Waals surface area contributed by atoms with Gasteiger partial charge in [0.1, 0.15) is 18.5 Å². The quantitative estimate of drug-likeness (QED) is 0.686. The summed E-state index contributed by atoms with van der Waals surface area (Å²) in [6, 6.07) is 3.19. The van der Waals surface area contributed by atoms with Crippen molar-refractivity contribution >= 4 is 5.82 Å². The molecule has 0 N–H and O–H groups in total. The van der Waals surface area contributed by atoms with Gasteiger partial charge in [0.25, 0.3) is 5.56 Å². The summed E-state index contributed by atoms with van der Waals surface area (Å²) in [5.74, 6) is 1.92. The number of rotatable bonds is 4. The topological polar surface area (TPSA) is 94.6 Å². The fourth-order valence-corrected chi connectivity index (χ4v) is 3.21. The highest BCUT2D eigenvalue weighted by molar-refractivity contribution is 5.36. The van der Waals surface area contributed by atoms with Gasteiger partial charge in [-0.1, -0.05) is 0 Å². The number of anilines is 1. The first-order valence-corrected chi connectivity index (χ1v) is 8.66. The third-order valence-electron chi connectivity index (χ3n) is 4.62. The van der Waals surface area contributed by atoms with Gasteiger partial charge in [0.15, 0.2) is 5.82 Å². The summed E-state index contributed by atoms with van der Waals surface area (Å²) >= 11 is 0.